The Labute approximate surface area is 104 Å². The maximum Gasteiger partial charge on any atom is 0.216 e. The third kappa shape index (κ3) is 3.67. The van der Waals surface area contributed by atoms with Crippen molar-refractivity contribution in [2.75, 3.05) is 13.6 Å². The Bertz CT molecular complexity index is 361. The Balaban J connectivity index is 2.65. The average molecular weight is 261 g/mol. The van der Waals surface area contributed by atoms with Crippen LogP contribution in [0.1, 0.15) is 39.0 Å². The van der Waals surface area contributed by atoms with Gasteiger partial charge in [-0.2, -0.15) is 0 Å². The van der Waals surface area contributed by atoms with Crippen LogP contribution in [-0.4, -0.2) is 37.4 Å². The molecule has 5 nitrogen and oxygen atoms in total. The van der Waals surface area contributed by atoms with E-state index in [-0.39, 0.29) is 17.0 Å². The normalized spacial score (nSPS) is 20.4. The van der Waals surface area contributed by atoms with Gasteiger partial charge in [-0.05, 0) is 12.8 Å². The van der Waals surface area contributed by atoms with E-state index >= 15 is 0 Å². The second kappa shape index (κ2) is 5.82. The summed E-state index contributed by atoms with van der Waals surface area (Å²) in [7, 11) is -1.62. The Hall–Kier alpha value is -0.620. The molecule has 1 saturated carbocycles. The van der Waals surface area contributed by atoms with Crippen molar-refractivity contribution >= 4 is 15.9 Å². The predicted molar refractivity (Wildman–Crippen MR) is 69.5 cm³/mol. The summed E-state index contributed by atoms with van der Waals surface area (Å²) in [6.45, 7) is 2.07. The van der Waals surface area contributed by atoms with Gasteiger partial charge in [0, 0.05) is 19.5 Å². The summed E-state index contributed by atoms with van der Waals surface area (Å²) in [6, 6.07) is 0. The lowest BCUT2D eigenvalue weighted by atomic mass is 10.0. The number of amidine groups is 1. The molecule has 100 valence electrons. The molecule has 1 rings (SSSR count). The molecule has 17 heavy (non-hydrogen) atoms. The fourth-order valence-corrected chi connectivity index (χ4v) is 4.07. The molecule has 0 aromatic carbocycles. The van der Waals surface area contributed by atoms with Crippen molar-refractivity contribution in [1.29, 1.82) is 5.41 Å². The van der Waals surface area contributed by atoms with E-state index in [1.807, 2.05) is 0 Å². The van der Waals surface area contributed by atoms with Crippen LogP contribution in [0.25, 0.3) is 0 Å². The summed E-state index contributed by atoms with van der Waals surface area (Å²) in [4.78, 5) is 0. The molecule has 0 amide bonds. The van der Waals surface area contributed by atoms with Crippen molar-refractivity contribution in [3.63, 3.8) is 0 Å². The van der Waals surface area contributed by atoms with Crippen LogP contribution >= 0.6 is 0 Å². The first-order valence-corrected chi connectivity index (χ1v) is 7.65. The molecule has 0 aromatic rings. The van der Waals surface area contributed by atoms with Crippen molar-refractivity contribution < 1.29 is 8.42 Å². The highest BCUT2D eigenvalue weighted by molar-refractivity contribution is 7.89. The van der Waals surface area contributed by atoms with E-state index in [4.69, 9.17) is 11.1 Å². The first kappa shape index (κ1) is 14.4. The van der Waals surface area contributed by atoms with Crippen molar-refractivity contribution in [2.24, 2.45) is 11.7 Å². The van der Waals surface area contributed by atoms with Crippen LogP contribution in [0.4, 0.5) is 0 Å². The van der Waals surface area contributed by atoms with Crippen LogP contribution in [0.3, 0.4) is 0 Å². The van der Waals surface area contributed by atoms with Crippen molar-refractivity contribution in [3.05, 3.63) is 0 Å². The number of hydrogen-bond acceptors (Lipinski definition) is 3. The van der Waals surface area contributed by atoms with Gasteiger partial charge in [-0.1, -0.05) is 26.2 Å². The molecule has 1 fully saturated rings. The lowest BCUT2D eigenvalue weighted by Gasteiger charge is -2.28. The van der Waals surface area contributed by atoms with Gasteiger partial charge in [0.05, 0.1) is 11.1 Å². The number of nitrogens with two attached hydrogens (primary N) is 1. The van der Waals surface area contributed by atoms with Gasteiger partial charge in [-0.15, -0.1) is 0 Å². The zero-order chi connectivity index (χ0) is 13.1. The van der Waals surface area contributed by atoms with Crippen LogP contribution in [0.2, 0.25) is 0 Å². The molecule has 1 aliphatic rings. The Morgan fingerprint density at radius 1 is 1.41 bits per heavy atom. The second-order valence-corrected chi connectivity index (χ2v) is 7.26. The summed E-state index contributed by atoms with van der Waals surface area (Å²) in [6.07, 6.45) is 4.67. The third-order valence-corrected chi connectivity index (χ3v) is 5.80. The van der Waals surface area contributed by atoms with Crippen molar-refractivity contribution in [3.8, 4) is 0 Å². The van der Waals surface area contributed by atoms with Crippen LogP contribution in [0.15, 0.2) is 0 Å². The maximum atomic E-state index is 12.3. The third-order valence-electron chi connectivity index (χ3n) is 3.47. The zero-order valence-electron chi connectivity index (χ0n) is 10.6. The Morgan fingerprint density at radius 3 is 2.41 bits per heavy atom. The second-order valence-electron chi connectivity index (χ2n) is 4.94. The van der Waals surface area contributed by atoms with E-state index in [2.05, 4.69) is 0 Å². The molecule has 0 bridgehead atoms. The van der Waals surface area contributed by atoms with Gasteiger partial charge in [-0.25, -0.2) is 12.7 Å². The summed E-state index contributed by atoms with van der Waals surface area (Å²) in [5, 5.41) is 7.06. The maximum absolute atomic E-state index is 12.3. The average Bonchev–Trinajstić information content (AvgIpc) is 2.29. The highest BCUT2D eigenvalue weighted by Gasteiger charge is 2.31. The van der Waals surface area contributed by atoms with Gasteiger partial charge in [0.15, 0.2) is 0 Å². The minimum absolute atomic E-state index is 0.0377. The summed E-state index contributed by atoms with van der Waals surface area (Å²) < 4.78 is 25.9. The van der Waals surface area contributed by atoms with Crippen LogP contribution in [-0.2, 0) is 10.0 Å². The standard InChI is InChI=1S/C11H23N3O2S/c1-9(11(12)13)8-14(2)17(15,16)10-6-4-3-5-7-10/h9-10H,3-8H2,1-2H3,(H3,12,13). The number of nitrogens with one attached hydrogen (secondary N) is 1. The lowest BCUT2D eigenvalue weighted by Crippen LogP contribution is -2.41. The molecule has 0 aromatic heterocycles. The van der Waals surface area contributed by atoms with Crippen molar-refractivity contribution in [2.45, 2.75) is 44.3 Å². The van der Waals surface area contributed by atoms with E-state index in [9.17, 15) is 8.42 Å². The molecule has 3 N–H and O–H groups in total. The molecule has 0 aliphatic heterocycles. The molecule has 0 radical (unpaired) electrons. The Morgan fingerprint density at radius 2 is 1.94 bits per heavy atom. The van der Waals surface area contributed by atoms with E-state index in [1.54, 1.807) is 14.0 Å². The zero-order valence-corrected chi connectivity index (χ0v) is 11.5. The molecule has 0 spiro atoms. The van der Waals surface area contributed by atoms with Gasteiger partial charge in [0.2, 0.25) is 10.0 Å². The van der Waals surface area contributed by atoms with E-state index in [0.29, 0.717) is 6.54 Å². The smallest absolute Gasteiger partial charge is 0.216 e. The molecular weight excluding hydrogens is 238 g/mol. The number of sulfonamides is 1. The predicted octanol–water partition coefficient (Wildman–Crippen LogP) is 1.15. The fraction of sp³-hybridized carbons (Fsp3) is 0.909. The summed E-state index contributed by atoms with van der Waals surface area (Å²) in [5.41, 5.74) is 5.37. The molecular formula is C11H23N3O2S. The van der Waals surface area contributed by atoms with E-state index in [1.165, 1.54) is 4.31 Å². The van der Waals surface area contributed by atoms with Crippen LogP contribution in [0, 0.1) is 11.3 Å². The fourth-order valence-electron chi connectivity index (χ4n) is 2.21. The van der Waals surface area contributed by atoms with Gasteiger partial charge >= 0.3 is 0 Å². The minimum atomic E-state index is -3.21. The molecule has 0 saturated heterocycles. The van der Waals surface area contributed by atoms with Crippen molar-refractivity contribution in [1.82, 2.24) is 4.31 Å². The quantitative estimate of drug-likeness (QED) is 0.575. The van der Waals surface area contributed by atoms with Gasteiger partial charge < -0.3 is 5.73 Å². The molecule has 1 aliphatic carbocycles. The topological polar surface area (TPSA) is 87.2 Å². The van der Waals surface area contributed by atoms with E-state index < -0.39 is 10.0 Å². The summed E-state index contributed by atoms with van der Waals surface area (Å²) in [5.74, 6) is -0.186. The number of nitrogens with zero attached hydrogens (tertiary/aromatic N) is 1. The Kier molecular flexibility index (Phi) is 4.94. The number of hydrogen-bond donors (Lipinski definition) is 2. The number of rotatable bonds is 5. The highest BCUT2D eigenvalue weighted by atomic mass is 32.2. The largest absolute Gasteiger partial charge is 0.387 e. The molecule has 0 heterocycles. The molecule has 1 unspecified atom stereocenters. The summed E-state index contributed by atoms with van der Waals surface area (Å²) >= 11 is 0. The minimum Gasteiger partial charge on any atom is -0.387 e. The highest BCUT2D eigenvalue weighted by Crippen LogP contribution is 2.25. The van der Waals surface area contributed by atoms with Gasteiger partial charge in [0.1, 0.15) is 0 Å². The molecule has 6 heteroatoms. The van der Waals surface area contributed by atoms with Gasteiger partial charge in [-0.3, -0.25) is 5.41 Å². The van der Waals surface area contributed by atoms with Crippen LogP contribution in [0.5, 0.6) is 0 Å². The van der Waals surface area contributed by atoms with E-state index in [0.717, 1.165) is 32.1 Å². The van der Waals surface area contributed by atoms with Gasteiger partial charge in [0.25, 0.3) is 0 Å². The first-order valence-electron chi connectivity index (χ1n) is 6.14. The molecule has 1 atom stereocenters. The first-order chi connectivity index (χ1) is 7.85. The van der Waals surface area contributed by atoms with Crippen LogP contribution < -0.4 is 5.73 Å². The SMILES string of the molecule is CC(CN(C)S(=O)(=O)C1CCCCC1)C(=N)N. The lowest BCUT2D eigenvalue weighted by molar-refractivity contribution is 0.410. The monoisotopic (exact) mass is 261 g/mol.